The Hall–Kier alpha value is -0.570. The average molecular weight is 171 g/mol. The second-order valence-corrected chi connectivity index (χ2v) is 4.57. The van der Waals surface area contributed by atoms with Gasteiger partial charge in [-0.15, -0.1) is 0 Å². The topological polar surface area (TPSA) is 49.3 Å². The van der Waals surface area contributed by atoms with Crippen molar-refractivity contribution in [3.05, 3.63) is 0 Å². The summed E-state index contributed by atoms with van der Waals surface area (Å²) in [4.78, 5) is 11.0. The van der Waals surface area contributed by atoms with Gasteiger partial charge in [0.2, 0.25) is 0 Å². The Kier molecular flexibility index (Phi) is 1.95. The van der Waals surface area contributed by atoms with Crippen LogP contribution in [0.5, 0.6) is 0 Å². The molecule has 1 aliphatic rings. The van der Waals surface area contributed by atoms with Crippen LogP contribution in [0.1, 0.15) is 34.1 Å². The fraction of sp³-hybridized carbons (Fsp3) is 0.889. The fourth-order valence-electron chi connectivity index (χ4n) is 1.78. The summed E-state index contributed by atoms with van der Waals surface area (Å²) < 4.78 is 0. The molecule has 12 heavy (non-hydrogen) atoms. The maximum absolute atomic E-state index is 11.0. The second-order valence-electron chi connectivity index (χ2n) is 4.57. The first-order valence-corrected chi connectivity index (χ1v) is 4.33. The van der Waals surface area contributed by atoms with Gasteiger partial charge in [-0.05, 0) is 25.7 Å². The van der Waals surface area contributed by atoms with Crippen LogP contribution in [-0.2, 0) is 4.79 Å². The molecule has 3 nitrogen and oxygen atoms in total. The molecular weight excluding hydrogens is 154 g/mol. The Bertz CT molecular complexity index is 211. The van der Waals surface area contributed by atoms with E-state index < -0.39 is 11.5 Å². The van der Waals surface area contributed by atoms with E-state index in [2.05, 4.69) is 5.32 Å². The van der Waals surface area contributed by atoms with E-state index in [0.29, 0.717) is 0 Å². The molecule has 1 unspecified atom stereocenters. The van der Waals surface area contributed by atoms with Crippen molar-refractivity contribution < 1.29 is 9.90 Å². The zero-order chi connectivity index (χ0) is 9.57. The number of carboxylic acids is 1. The SMILES string of the molecule is CC(C)NC1(C(=O)O)CC1(C)C. The predicted octanol–water partition coefficient (Wildman–Crippen LogP) is 1.24. The number of nitrogens with one attached hydrogen (secondary N) is 1. The number of carboxylic acid groups (broad SMARTS) is 1. The van der Waals surface area contributed by atoms with E-state index in [0.717, 1.165) is 6.42 Å². The first-order chi connectivity index (χ1) is 5.32. The summed E-state index contributed by atoms with van der Waals surface area (Å²) in [7, 11) is 0. The van der Waals surface area contributed by atoms with Crippen LogP contribution >= 0.6 is 0 Å². The van der Waals surface area contributed by atoms with Crippen LogP contribution in [0.15, 0.2) is 0 Å². The molecule has 0 bridgehead atoms. The zero-order valence-corrected chi connectivity index (χ0v) is 8.14. The van der Waals surface area contributed by atoms with Gasteiger partial charge in [-0.3, -0.25) is 10.1 Å². The molecule has 1 fully saturated rings. The van der Waals surface area contributed by atoms with Gasteiger partial charge in [-0.2, -0.15) is 0 Å². The van der Waals surface area contributed by atoms with E-state index in [9.17, 15) is 4.79 Å². The van der Waals surface area contributed by atoms with Crippen molar-refractivity contribution >= 4 is 5.97 Å². The summed E-state index contributed by atoms with van der Waals surface area (Å²) in [5, 5.41) is 12.1. The summed E-state index contributed by atoms with van der Waals surface area (Å²) in [6, 6.07) is 0.225. The minimum Gasteiger partial charge on any atom is -0.480 e. The third kappa shape index (κ3) is 1.22. The van der Waals surface area contributed by atoms with E-state index in [4.69, 9.17) is 5.11 Å². The maximum atomic E-state index is 11.0. The second kappa shape index (κ2) is 2.46. The van der Waals surface area contributed by atoms with Crippen molar-refractivity contribution in [2.45, 2.75) is 45.7 Å². The van der Waals surface area contributed by atoms with Crippen LogP contribution in [-0.4, -0.2) is 22.7 Å². The molecule has 0 amide bonds. The Balaban J connectivity index is 2.73. The number of hydrogen-bond acceptors (Lipinski definition) is 2. The molecule has 2 N–H and O–H groups in total. The normalized spacial score (nSPS) is 32.1. The lowest BCUT2D eigenvalue weighted by Gasteiger charge is -2.20. The van der Waals surface area contributed by atoms with E-state index in [1.165, 1.54) is 0 Å². The van der Waals surface area contributed by atoms with Crippen LogP contribution < -0.4 is 5.32 Å². The molecular formula is C9H17NO2. The number of carbonyl (C=O) groups is 1. The van der Waals surface area contributed by atoms with Gasteiger partial charge in [0.25, 0.3) is 0 Å². The third-order valence-electron chi connectivity index (χ3n) is 2.64. The summed E-state index contributed by atoms with van der Waals surface area (Å²) >= 11 is 0. The molecule has 1 rings (SSSR count). The van der Waals surface area contributed by atoms with E-state index in [-0.39, 0.29) is 11.5 Å². The van der Waals surface area contributed by atoms with Crippen LogP contribution in [0, 0.1) is 5.41 Å². The maximum Gasteiger partial charge on any atom is 0.324 e. The van der Waals surface area contributed by atoms with Crippen LogP contribution in [0.2, 0.25) is 0 Å². The van der Waals surface area contributed by atoms with Crippen molar-refractivity contribution in [2.24, 2.45) is 5.41 Å². The summed E-state index contributed by atoms with van der Waals surface area (Å²) in [5.41, 5.74) is -0.760. The Morgan fingerprint density at radius 1 is 1.50 bits per heavy atom. The molecule has 3 heteroatoms. The molecule has 0 saturated heterocycles. The molecule has 1 aliphatic carbocycles. The van der Waals surface area contributed by atoms with Gasteiger partial charge >= 0.3 is 5.97 Å². The van der Waals surface area contributed by atoms with Crippen molar-refractivity contribution in [2.75, 3.05) is 0 Å². The predicted molar refractivity (Wildman–Crippen MR) is 47.0 cm³/mol. The molecule has 1 saturated carbocycles. The summed E-state index contributed by atoms with van der Waals surface area (Å²) in [6.45, 7) is 7.91. The number of rotatable bonds is 3. The molecule has 1 atom stereocenters. The fourth-order valence-corrected chi connectivity index (χ4v) is 1.78. The first-order valence-electron chi connectivity index (χ1n) is 4.33. The lowest BCUT2D eigenvalue weighted by Crippen LogP contribution is -2.46. The average Bonchev–Trinajstić information content (AvgIpc) is 2.33. The largest absolute Gasteiger partial charge is 0.480 e. The molecule has 0 aromatic heterocycles. The molecule has 0 aliphatic heterocycles. The van der Waals surface area contributed by atoms with Crippen molar-refractivity contribution in [1.29, 1.82) is 0 Å². The Morgan fingerprint density at radius 2 is 1.92 bits per heavy atom. The lowest BCUT2D eigenvalue weighted by atomic mass is 10.0. The van der Waals surface area contributed by atoms with Gasteiger partial charge in [0, 0.05) is 6.04 Å². The molecule has 70 valence electrons. The summed E-state index contributed by atoms with van der Waals surface area (Å²) in [6.07, 6.45) is 0.730. The van der Waals surface area contributed by atoms with Gasteiger partial charge in [-0.25, -0.2) is 0 Å². The van der Waals surface area contributed by atoms with Gasteiger partial charge in [0.1, 0.15) is 5.54 Å². The molecule has 0 spiro atoms. The van der Waals surface area contributed by atoms with E-state index in [1.807, 2.05) is 27.7 Å². The van der Waals surface area contributed by atoms with Gasteiger partial charge in [0.15, 0.2) is 0 Å². The van der Waals surface area contributed by atoms with E-state index in [1.54, 1.807) is 0 Å². The van der Waals surface area contributed by atoms with Crippen molar-refractivity contribution in [3.8, 4) is 0 Å². The van der Waals surface area contributed by atoms with Gasteiger partial charge < -0.3 is 5.11 Å². The van der Waals surface area contributed by atoms with Gasteiger partial charge in [-0.1, -0.05) is 13.8 Å². The molecule has 0 radical (unpaired) electrons. The third-order valence-corrected chi connectivity index (χ3v) is 2.64. The van der Waals surface area contributed by atoms with Crippen LogP contribution in [0.4, 0.5) is 0 Å². The zero-order valence-electron chi connectivity index (χ0n) is 8.14. The quantitative estimate of drug-likeness (QED) is 0.671. The molecule has 0 heterocycles. The lowest BCUT2D eigenvalue weighted by molar-refractivity contribution is -0.142. The first kappa shape index (κ1) is 9.52. The van der Waals surface area contributed by atoms with Crippen molar-refractivity contribution in [3.63, 3.8) is 0 Å². The minimum absolute atomic E-state index is 0.0941. The van der Waals surface area contributed by atoms with E-state index >= 15 is 0 Å². The smallest absolute Gasteiger partial charge is 0.324 e. The Morgan fingerprint density at radius 3 is 2.00 bits per heavy atom. The highest BCUT2D eigenvalue weighted by molar-refractivity contribution is 5.84. The highest BCUT2D eigenvalue weighted by Crippen LogP contribution is 2.55. The monoisotopic (exact) mass is 171 g/mol. The highest BCUT2D eigenvalue weighted by atomic mass is 16.4. The van der Waals surface area contributed by atoms with Crippen molar-refractivity contribution in [1.82, 2.24) is 5.32 Å². The summed E-state index contributed by atoms with van der Waals surface area (Å²) in [5.74, 6) is -0.721. The molecule has 0 aromatic carbocycles. The Labute approximate surface area is 73.2 Å². The molecule has 0 aromatic rings. The van der Waals surface area contributed by atoms with Crippen LogP contribution in [0.25, 0.3) is 0 Å². The van der Waals surface area contributed by atoms with Gasteiger partial charge in [0.05, 0.1) is 0 Å². The number of hydrogen-bond donors (Lipinski definition) is 2. The minimum atomic E-state index is -0.721. The highest BCUT2D eigenvalue weighted by Gasteiger charge is 2.66. The van der Waals surface area contributed by atoms with Crippen LogP contribution in [0.3, 0.4) is 0 Å². The number of aliphatic carboxylic acids is 1. The standard InChI is InChI=1S/C9H17NO2/c1-6(2)10-9(7(11)12)5-8(9,3)4/h6,10H,5H2,1-4H3,(H,11,12).